The summed E-state index contributed by atoms with van der Waals surface area (Å²) in [6, 6.07) is 8.10. The molecule has 0 spiro atoms. The van der Waals surface area contributed by atoms with Gasteiger partial charge in [-0.25, -0.2) is 4.39 Å². The lowest BCUT2D eigenvalue weighted by atomic mass is 10.1. The quantitative estimate of drug-likeness (QED) is 0.856. The Balaban J connectivity index is 2.09. The van der Waals surface area contributed by atoms with Gasteiger partial charge in [-0.15, -0.1) is 0 Å². The van der Waals surface area contributed by atoms with Gasteiger partial charge in [0, 0.05) is 6.54 Å². The number of rotatable bonds is 6. The van der Waals surface area contributed by atoms with Crippen LogP contribution in [-0.4, -0.2) is 12.5 Å². The van der Waals surface area contributed by atoms with Crippen LogP contribution in [0.1, 0.15) is 35.2 Å². The highest BCUT2D eigenvalue weighted by atomic mass is 19.1. The van der Waals surface area contributed by atoms with Crippen LogP contribution in [0.3, 0.4) is 0 Å². The second kappa shape index (κ2) is 6.92. The Hall–Kier alpha value is -2.30. The van der Waals surface area contributed by atoms with Crippen molar-refractivity contribution < 1.29 is 13.6 Å². The van der Waals surface area contributed by atoms with E-state index >= 15 is 0 Å². The van der Waals surface area contributed by atoms with Gasteiger partial charge in [-0.05, 0) is 37.6 Å². The number of carbonyl (C=O) groups excluding carboxylic acids is 1. The van der Waals surface area contributed by atoms with E-state index in [4.69, 9.17) is 4.42 Å². The Kier molecular flexibility index (Phi) is 4.98. The molecule has 0 bridgehead atoms. The van der Waals surface area contributed by atoms with E-state index in [1.807, 2.05) is 19.9 Å². The van der Waals surface area contributed by atoms with E-state index in [9.17, 15) is 9.18 Å². The number of furan rings is 1. The molecular weight excluding hydrogens is 271 g/mol. The summed E-state index contributed by atoms with van der Waals surface area (Å²) in [6.07, 6.45) is 0.848. The number of benzene rings is 1. The molecule has 1 aromatic heterocycles. The average molecular weight is 290 g/mol. The first kappa shape index (κ1) is 15.1. The fourth-order valence-corrected chi connectivity index (χ4v) is 1.99. The zero-order chi connectivity index (χ0) is 15.2. The standard InChI is InChI=1S/C16H19FN2O2/c1-3-9-18-15-13(5-4-6-14(15)17)16(20)19-10-12-8-7-11(2)21-12/h4-8,18H,3,9-10H2,1-2H3,(H,19,20). The molecule has 0 aliphatic heterocycles. The molecular formula is C16H19FN2O2. The van der Waals surface area contributed by atoms with Crippen molar-refractivity contribution in [1.29, 1.82) is 0 Å². The van der Waals surface area contributed by atoms with Crippen LogP contribution in [0.2, 0.25) is 0 Å². The second-order valence-corrected chi connectivity index (χ2v) is 4.78. The first-order valence-corrected chi connectivity index (χ1v) is 6.97. The van der Waals surface area contributed by atoms with Crippen LogP contribution in [0.5, 0.6) is 0 Å². The molecule has 2 rings (SSSR count). The monoisotopic (exact) mass is 290 g/mol. The maximum Gasteiger partial charge on any atom is 0.253 e. The molecule has 1 heterocycles. The average Bonchev–Trinajstić information content (AvgIpc) is 2.89. The fraction of sp³-hybridized carbons (Fsp3) is 0.312. The maximum absolute atomic E-state index is 13.8. The Morgan fingerprint density at radius 1 is 1.29 bits per heavy atom. The number of halogens is 1. The van der Waals surface area contributed by atoms with Crippen molar-refractivity contribution in [3.8, 4) is 0 Å². The lowest BCUT2D eigenvalue weighted by Gasteiger charge is -2.12. The number of aryl methyl sites for hydroxylation is 1. The largest absolute Gasteiger partial charge is 0.465 e. The van der Waals surface area contributed by atoms with Crippen LogP contribution in [0, 0.1) is 12.7 Å². The number of hydrogen-bond acceptors (Lipinski definition) is 3. The summed E-state index contributed by atoms with van der Waals surface area (Å²) >= 11 is 0. The highest BCUT2D eigenvalue weighted by Crippen LogP contribution is 2.20. The number of hydrogen-bond donors (Lipinski definition) is 2. The Morgan fingerprint density at radius 2 is 2.10 bits per heavy atom. The van der Waals surface area contributed by atoms with Crippen LogP contribution in [0.25, 0.3) is 0 Å². The van der Waals surface area contributed by atoms with Crippen molar-refractivity contribution in [3.63, 3.8) is 0 Å². The summed E-state index contributed by atoms with van der Waals surface area (Å²) < 4.78 is 19.2. The van der Waals surface area contributed by atoms with Crippen LogP contribution >= 0.6 is 0 Å². The van der Waals surface area contributed by atoms with Crippen LogP contribution in [0.15, 0.2) is 34.7 Å². The summed E-state index contributed by atoms with van der Waals surface area (Å²) in [7, 11) is 0. The van der Waals surface area contributed by atoms with Gasteiger partial charge in [-0.2, -0.15) is 0 Å². The molecule has 5 heteroatoms. The van der Waals surface area contributed by atoms with E-state index in [-0.39, 0.29) is 18.1 Å². The lowest BCUT2D eigenvalue weighted by molar-refractivity contribution is 0.0948. The first-order valence-electron chi connectivity index (χ1n) is 6.97. The van der Waals surface area contributed by atoms with E-state index in [1.54, 1.807) is 12.1 Å². The molecule has 0 aliphatic rings. The highest BCUT2D eigenvalue weighted by Gasteiger charge is 2.15. The highest BCUT2D eigenvalue weighted by molar-refractivity contribution is 5.99. The van der Waals surface area contributed by atoms with Gasteiger partial charge in [-0.1, -0.05) is 13.0 Å². The zero-order valence-corrected chi connectivity index (χ0v) is 12.2. The summed E-state index contributed by atoms with van der Waals surface area (Å²) in [5.74, 6) is 0.697. The van der Waals surface area contributed by atoms with Gasteiger partial charge in [0.2, 0.25) is 0 Å². The van der Waals surface area contributed by atoms with Gasteiger partial charge in [0.05, 0.1) is 17.8 Å². The van der Waals surface area contributed by atoms with Crippen LogP contribution in [0.4, 0.5) is 10.1 Å². The van der Waals surface area contributed by atoms with Gasteiger partial charge in [-0.3, -0.25) is 4.79 Å². The fourth-order valence-electron chi connectivity index (χ4n) is 1.99. The molecule has 0 fully saturated rings. The van der Waals surface area contributed by atoms with Gasteiger partial charge < -0.3 is 15.1 Å². The summed E-state index contributed by atoms with van der Waals surface area (Å²) in [5, 5.41) is 5.69. The predicted molar refractivity (Wildman–Crippen MR) is 79.8 cm³/mol. The smallest absolute Gasteiger partial charge is 0.253 e. The molecule has 0 aliphatic carbocycles. The van der Waals surface area contributed by atoms with Crippen molar-refractivity contribution in [2.45, 2.75) is 26.8 Å². The third-order valence-electron chi connectivity index (χ3n) is 3.03. The van der Waals surface area contributed by atoms with E-state index in [1.165, 1.54) is 12.1 Å². The number of anilines is 1. The molecule has 0 saturated heterocycles. The number of amides is 1. The first-order chi connectivity index (χ1) is 10.1. The van der Waals surface area contributed by atoms with Crippen molar-refractivity contribution in [1.82, 2.24) is 5.32 Å². The molecule has 1 amide bonds. The molecule has 2 aromatic rings. The van der Waals surface area contributed by atoms with Gasteiger partial charge in [0.15, 0.2) is 0 Å². The minimum absolute atomic E-state index is 0.243. The van der Waals surface area contributed by atoms with E-state index in [0.29, 0.717) is 17.9 Å². The SMILES string of the molecule is CCCNc1c(F)cccc1C(=O)NCc1ccc(C)o1. The maximum atomic E-state index is 13.8. The van der Waals surface area contributed by atoms with Crippen LogP contribution in [-0.2, 0) is 6.54 Å². The summed E-state index contributed by atoms with van der Waals surface area (Å²) in [6.45, 7) is 4.70. The lowest BCUT2D eigenvalue weighted by Crippen LogP contribution is -2.24. The minimum Gasteiger partial charge on any atom is -0.465 e. The Morgan fingerprint density at radius 3 is 2.76 bits per heavy atom. The van der Waals surface area contributed by atoms with Crippen molar-refractivity contribution in [2.24, 2.45) is 0 Å². The molecule has 0 radical (unpaired) electrons. The van der Waals surface area contributed by atoms with Crippen molar-refractivity contribution in [2.75, 3.05) is 11.9 Å². The summed E-state index contributed by atoms with van der Waals surface area (Å²) in [5.41, 5.74) is 0.541. The van der Waals surface area contributed by atoms with E-state index in [0.717, 1.165) is 12.2 Å². The normalized spacial score (nSPS) is 10.4. The molecule has 1 aromatic carbocycles. The third-order valence-corrected chi connectivity index (χ3v) is 3.03. The van der Waals surface area contributed by atoms with Crippen molar-refractivity contribution >= 4 is 11.6 Å². The Labute approximate surface area is 123 Å². The van der Waals surface area contributed by atoms with Crippen LogP contribution < -0.4 is 10.6 Å². The topological polar surface area (TPSA) is 54.3 Å². The minimum atomic E-state index is -0.426. The van der Waals surface area contributed by atoms with Gasteiger partial charge in [0.1, 0.15) is 17.3 Å². The number of nitrogens with one attached hydrogen (secondary N) is 2. The molecule has 21 heavy (non-hydrogen) atoms. The molecule has 112 valence electrons. The Bertz CT molecular complexity index is 622. The summed E-state index contributed by atoms with van der Waals surface area (Å²) in [4.78, 5) is 12.2. The predicted octanol–water partition coefficient (Wildman–Crippen LogP) is 3.48. The number of para-hydroxylation sites is 1. The van der Waals surface area contributed by atoms with Crippen molar-refractivity contribution in [3.05, 3.63) is 53.2 Å². The van der Waals surface area contributed by atoms with Gasteiger partial charge in [0.25, 0.3) is 5.91 Å². The molecule has 0 unspecified atom stereocenters. The molecule has 0 saturated carbocycles. The van der Waals surface area contributed by atoms with E-state index in [2.05, 4.69) is 10.6 Å². The molecule has 0 atom stereocenters. The molecule has 2 N–H and O–H groups in total. The third kappa shape index (κ3) is 3.84. The molecule has 4 nitrogen and oxygen atoms in total. The zero-order valence-electron chi connectivity index (χ0n) is 12.2. The number of carbonyl (C=O) groups is 1. The van der Waals surface area contributed by atoms with Gasteiger partial charge >= 0.3 is 0 Å². The van der Waals surface area contributed by atoms with E-state index < -0.39 is 5.82 Å². The second-order valence-electron chi connectivity index (χ2n) is 4.78.